The number of hydrogen-bond acceptors (Lipinski definition) is 12. The van der Waals surface area contributed by atoms with Crippen LogP contribution in [-0.4, -0.2) is 57.0 Å². The van der Waals surface area contributed by atoms with Gasteiger partial charge in [0.15, 0.2) is 0 Å². The zero-order chi connectivity index (χ0) is 28.7. The Morgan fingerprint density at radius 2 is 0.900 bits per heavy atom. The number of hydrogen-bond donors (Lipinski definition) is 0. The molecular formula is C25H27ClCoN4O8Zn. The molecular weight excluding hydrogens is 644 g/mol. The molecule has 12 nitrogen and oxygen atoms in total. The molecule has 0 saturated heterocycles. The van der Waals surface area contributed by atoms with E-state index < -0.39 is 16.2 Å². The Labute approximate surface area is 257 Å². The van der Waals surface area contributed by atoms with Gasteiger partial charge >= 0.3 is 36.3 Å². The number of aliphatic imine (C=N–C) groups is 4. The SMILES string of the molecule is CC(=O)[O-].Cc1cc2c([O-])c(c1)C=NCCN=Cc1cc(C)cc(c1[O-])C=NCCCN=C2.[Co+2].[O-][Cl+3]([O-])([O-])[O-].[Zn+2]. The van der Waals surface area contributed by atoms with Crippen LogP contribution >= 0.6 is 0 Å². The van der Waals surface area contributed by atoms with Gasteiger partial charge < -0.3 is 20.1 Å². The standard InChI is InChI=1S/C23H26N4O2.C2H4O2.ClHO4.Co.Zn/c1-16-8-18-12-24-4-3-5-25-13-19-9-17(2)11-21(23(19)29)15-27-7-6-26-14-20(10-16)22(18)28;1-2(3)4;2-1(3,4)5;;/h8-15,28-29H,3-7H2,1-2H3;1H3,(H,3,4);(H,2,3,4,5);;/q;;;2*+2/p-4. The largest absolute Gasteiger partial charge is 2.00 e. The third-order valence-electron chi connectivity index (χ3n) is 4.44. The van der Waals surface area contributed by atoms with Crippen LogP contribution in [0.5, 0.6) is 11.5 Å². The quantitative estimate of drug-likeness (QED) is 0.252. The van der Waals surface area contributed by atoms with Gasteiger partial charge in [-0.05, 0) is 60.6 Å². The molecule has 2 aromatic carbocycles. The van der Waals surface area contributed by atoms with Gasteiger partial charge in [-0.15, -0.1) is 10.2 Å². The molecule has 2 aromatic rings. The first-order chi connectivity index (χ1) is 17.8. The molecule has 1 aliphatic rings. The molecule has 1 aliphatic heterocycles. The predicted molar refractivity (Wildman–Crippen MR) is 126 cm³/mol. The monoisotopic (exact) mass is 669 g/mol. The zero-order valence-corrected chi connectivity index (χ0v) is 26.9. The molecule has 0 saturated carbocycles. The summed E-state index contributed by atoms with van der Waals surface area (Å²) in [6.45, 7) is 6.84. The zero-order valence-electron chi connectivity index (χ0n) is 22.1. The van der Waals surface area contributed by atoms with Crippen molar-refractivity contribution in [2.45, 2.75) is 27.2 Å². The Hall–Kier alpha value is -2.55. The van der Waals surface area contributed by atoms with Gasteiger partial charge in [-0.3, -0.25) is 20.0 Å². The number of carbonyl (C=O) groups is 1. The average molecular weight is 671 g/mol. The van der Waals surface area contributed by atoms with Gasteiger partial charge in [-0.25, -0.2) is 18.6 Å². The molecule has 0 atom stereocenters. The number of carboxylic acid groups (broad SMARTS) is 1. The number of rotatable bonds is 0. The molecule has 0 unspecified atom stereocenters. The molecule has 0 fully saturated rings. The second-order valence-electron chi connectivity index (χ2n) is 7.91. The summed E-state index contributed by atoms with van der Waals surface area (Å²) < 4.78 is 34.0. The van der Waals surface area contributed by atoms with Crippen LogP contribution in [0.15, 0.2) is 44.2 Å². The fraction of sp³-hybridized carbons (Fsp3) is 0.320. The summed E-state index contributed by atoms with van der Waals surface area (Å²) >= 11 is 0. The van der Waals surface area contributed by atoms with Crippen LogP contribution in [0.25, 0.3) is 0 Å². The van der Waals surface area contributed by atoms with Gasteiger partial charge in [-0.1, -0.05) is 35.8 Å². The maximum Gasteiger partial charge on any atom is 2.00 e. The summed E-state index contributed by atoms with van der Waals surface area (Å²) in [6, 6.07) is 7.31. The summed E-state index contributed by atoms with van der Waals surface area (Å²) in [7, 11) is -4.94. The van der Waals surface area contributed by atoms with E-state index in [2.05, 4.69) is 20.0 Å². The van der Waals surface area contributed by atoms with Crippen molar-refractivity contribution in [3.05, 3.63) is 57.6 Å². The van der Waals surface area contributed by atoms with E-state index in [0.717, 1.165) is 24.5 Å². The summed E-state index contributed by atoms with van der Waals surface area (Å²) in [6.07, 6.45) is 7.16. The number of carbonyl (C=O) groups excluding carboxylic acids is 1. The smallest absolute Gasteiger partial charge is 0.872 e. The average Bonchev–Trinajstić information content (AvgIpc) is 2.78. The number of aliphatic carboxylic acids is 1. The normalized spacial score (nSPS) is 13.0. The van der Waals surface area contributed by atoms with E-state index >= 15 is 0 Å². The van der Waals surface area contributed by atoms with Crippen LogP contribution in [-0.2, 0) is 41.1 Å². The van der Waals surface area contributed by atoms with E-state index in [0.29, 0.717) is 48.4 Å². The van der Waals surface area contributed by atoms with E-state index in [4.69, 9.17) is 28.5 Å². The summed E-state index contributed by atoms with van der Waals surface area (Å²) in [5.74, 6) is -1.24. The molecule has 40 heavy (non-hydrogen) atoms. The van der Waals surface area contributed by atoms with Crippen LogP contribution in [0, 0.1) is 24.1 Å². The van der Waals surface area contributed by atoms with Crippen LogP contribution in [0.4, 0.5) is 0 Å². The maximum atomic E-state index is 12.6. The summed E-state index contributed by atoms with van der Waals surface area (Å²) in [4.78, 5) is 26.2. The third kappa shape index (κ3) is 17.9. The van der Waals surface area contributed by atoms with Crippen molar-refractivity contribution in [1.82, 2.24) is 0 Å². The number of benzene rings is 2. The van der Waals surface area contributed by atoms with E-state index in [-0.39, 0.29) is 47.8 Å². The fourth-order valence-corrected chi connectivity index (χ4v) is 3.06. The Kier molecular flexibility index (Phi) is 20.1. The second kappa shape index (κ2) is 20.3. The molecule has 4 bridgehead atoms. The van der Waals surface area contributed by atoms with Crippen molar-refractivity contribution in [3.8, 4) is 11.5 Å². The number of nitrogens with zero attached hydrogens (tertiary/aromatic N) is 4. The van der Waals surface area contributed by atoms with E-state index in [1.165, 1.54) is 0 Å². The van der Waals surface area contributed by atoms with Crippen molar-refractivity contribution >= 4 is 30.8 Å². The minimum absolute atomic E-state index is 0. The first-order valence-corrected chi connectivity index (χ1v) is 12.4. The number of halogens is 1. The second-order valence-corrected chi connectivity index (χ2v) is 8.67. The van der Waals surface area contributed by atoms with Gasteiger partial charge in [-0.2, -0.15) is 0 Å². The molecule has 0 aromatic heterocycles. The molecule has 1 radical (unpaired) electrons. The van der Waals surface area contributed by atoms with E-state index in [1.54, 1.807) is 24.9 Å². The Bertz CT molecular complexity index is 1110. The Balaban J connectivity index is 0. The number of aryl methyl sites for hydroxylation is 2. The maximum absolute atomic E-state index is 12.6. The minimum atomic E-state index is -4.94. The van der Waals surface area contributed by atoms with Crippen molar-refractivity contribution < 1.29 is 85.3 Å². The summed E-state index contributed by atoms with van der Waals surface area (Å²) in [5.41, 5.74) is 4.19. The number of fused-ring (bicyclic) bond motifs is 4. The minimum Gasteiger partial charge on any atom is -0.872 e. The predicted octanol–water partition coefficient (Wildman–Crippen LogP) is -3.77. The Morgan fingerprint density at radius 1 is 0.675 bits per heavy atom. The number of carboxylic acids is 1. The first kappa shape index (κ1) is 39.6. The molecule has 0 amide bonds. The van der Waals surface area contributed by atoms with Crippen molar-refractivity contribution in [2.24, 2.45) is 20.0 Å². The topological polar surface area (TPSA) is 228 Å². The van der Waals surface area contributed by atoms with Crippen molar-refractivity contribution in [3.63, 3.8) is 0 Å². The first-order valence-electron chi connectivity index (χ1n) is 11.2. The van der Waals surface area contributed by atoms with Crippen molar-refractivity contribution in [2.75, 3.05) is 26.2 Å². The van der Waals surface area contributed by atoms with Crippen LogP contribution in [0.2, 0.25) is 0 Å². The molecule has 15 heteroatoms. The Morgan fingerprint density at radius 3 is 1.15 bits per heavy atom. The summed E-state index contributed by atoms with van der Waals surface area (Å²) in [5, 5.41) is 34.0. The van der Waals surface area contributed by atoms with Gasteiger partial charge in [0.2, 0.25) is 0 Å². The van der Waals surface area contributed by atoms with E-state index in [9.17, 15) is 10.2 Å². The fourth-order valence-electron chi connectivity index (χ4n) is 3.06. The molecule has 0 N–H and O–H groups in total. The van der Waals surface area contributed by atoms with Crippen LogP contribution in [0.3, 0.4) is 0 Å². The van der Waals surface area contributed by atoms with Gasteiger partial charge in [0.25, 0.3) is 0 Å². The van der Waals surface area contributed by atoms with Crippen LogP contribution in [0.1, 0.15) is 46.7 Å². The van der Waals surface area contributed by atoms with Crippen LogP contribution < -0.4 is 34.0 Å². The molecule has 0 aliphatic carbocycles. The molecule has 213 valence electrons. The van der Waals surface area contributed by atoms with Gasteiger partial charge in [0, 0.05) is 43.9 Å². The molecule has 1 heterocycles. The van der Waals surface area contributed by atoms with Gasteiger partial charge in [0.1, 0.15) is 0 Å². The molecule has 0 spiro atoms. The van der Waals surface area contributed by atoms with Gasteiger partial charge in [0.05, 0.1) is 13.1 Å². The van der Waals surface area contributed by atoms with E-state index in [1.807, 2.05) is 38.1 Å². The third-order valence-corrected chi connectivity index (χ3v) is 4.44. The molecule has 3 rings (SSSR count). The van der Waals surface area contributed by atoms with Crippen molar-refractivity contribution in [1.29, 1.82) is 0 Å².